The van der Waals surface area contributed by atoms with Gasteiger partial charge in [-0.25, -0.2) is 13.2 Å². The Labute approximate surface area is 97.1 Å². The average molecular weight is 246 g/mol. The van der Waals surface area contributed by atoms with Crippen molar-refractivity contribution in [2.75, 3.05) is 0 Å². The quantitative estimate of drug-likeness (QED) is 0.882. The molecule has 0 aromatic heterocycles. The summed E-state index contributed by atoms with van der Waals surface area (Å²) in [5.74, 6) is -1.77. The standard InChI is InChI=1S/C12H13F3O2/c1-12(2,6-10(16)17)8-5-7(11(14)15)3-4-9(8)13/h3-5,11H,6H2,1-2H3,(H,16,17). The van der Waals surface area contributed by atoms with Gasteiger partial charge in [-0.15, -0.1) is 0 Å². The lowest BCUT2D eigenvalue weighted by molar-refractivity contribution is -0.138. The van der Waals surface area contributed by atoms with Gasteiger partial charge in [-0.2, -0.15) is 0 Å². The van der Waals surface area contributed by atoms with Crippen LogP contribution in [0.15, 0.2) is 18.2 Å². The molecule has 0 heterocycles. The zero-order chi connectivity index (χ0) is 13.2. The van der Waals surface area contributed by atoms with Crippen LogP contribution >= 0.6 is 0 Å². The summed E-state index contributed by atoms with van der Waals surface area (Å²) in [5, 5.41) is 8.71. The highest BCUT2D eigenvalue weighted by molar-refractivity contribution is 5.69. The monoisotopic (exact) mass is 246 g/mol. The molecule has 0 bridgehead atoms. The Morgan fingerprint density at radius 1 is 1.41 bits per heavy atom. The lowest BCUT2D eigenvalue weighted by Gasteiger charge is -2.24. The number of carbonyl (C=O) groups is 1. The first-order chi connectivity index (χ1) is 7.74. The number of halogens is 3. The smallest absolute Gasteiger partial charge is 0.304 e. The second-order valence-corrected chi connectivity index (χ2v) is 4.49. The molecule has 1 aromatic carbocycles. The second kappa shape index (κ2) is 4.77. The van der Waals surface area contributed by atoms with Crippen LogP contribution in [-0.2, 0) is 10.2 Å². The molecular weight excluding hydrogens is 233 g/mol. The largest absolute Gasteiger partial charge is 0.481 e. The minimum absolute atomic E-state index is 0.00213. The van der Waals surface area contributed by atoms with E-state index in [0.717, 1.165) is 18.2 Å². The molecule has 0 atom stereocenters. The molecule has 0 aliphatic rings. The number of alkyl halides is 2. The van der Waals surface area contributed by atoms with Crippen molar-refractivity contribution >= 4 is 5.97 Å². The van der Waals surface area contributed by atoms with Gasteiger partial charge in [0.2, 0.25) is 0 Å². The van der Waals surface area contributed by atoms with Gasteiger partial charge >= 0.3 is 5.97 Å². The third kappa shape index (κ3) is 3.22. The first kappa shape index (κ1) is 13.5. The summed E-state index contributed by atoms with van der Waals surface area (Å²) in [7, 11) is 0. The Morgan fingerprint density at radius 2 is 2.00 bits per heavy atom. The van der Waals surface area contributed by atoms with E-state index in [4.69, 9.17) is 5.11 Å². The maximum atomic E-state index is 13.5. The first-order valence-electron chi connectivity index (χ1n) is 5.04. The third-order valence-corrected chi connectivity index (χ3v) is 2.56. The number of carboxylic acids is 1. The van der Waals surface area contributed by atoms with Crippen LogP contribution in [0.2, 0.25) is 0 Å². The van der Waals surface area contributed by atoms with Crippen molar-refractivity contribution in [3.63, 3.8) is 0 Å². The van der Waals surface area contributed by atoms with E-state index in [0.29, 0.717) is 0 Å². The number of rotatable bonds is 4. The number of benzene rings is 1. The highest BCUT2D eigenvalue weighted by atomic mass is 19.3. The average Bonchev–Trinajstić information content (AvgIpc) is 2.15. The molecule has 0 unspecified atom stereocenters. The van der Waals surface area contributed by atoms with E-state index in [1.807, 2.05) is 0 Å². The van der Waals surface area contributed by atoms with Crippen molar-refractivity contribution in [2.24, 2.45) is 0 Å². The van der Waals surface area contributed by atoms with Gasteiger partial charge in [-0.3, -0.25) is 4.79 Å². The molecule has 0 aliphatic heterocycles. The molecule has 1 rings (SSSR count). The lowest BCUT2D eigenvalue weighted by Crippen LogP contribution is -2.23. The van der Waals surface area contributed by atoms with Crippen LogP contribution in [0.4, 0.5) is 13.2 Å². The normalized spacial score (nSPS) is 11.9. The van der Waals surface area contributed by atoms with E-state index in [9.17, 15) is 18.0 Å². The number of aliphatic carboxylic acids is 1. The SMILES string of the molecule is CC(C)(CC(=O)O)c1cc(C(F)F)ccc1F. The fourth-order valence-corrected chi connectivity index (χ4v) is 1.67. The molecule has 0 fully saturated rings. The van der Waals surface area contributed by atoms with Crippen LogP contribution in [0.1, 0.15) is 37.8 Å². The summed E-state index contributed by atoms with van der Waals surface area (Å²) in [5.41, 5.74) is -1.33. The lowest BCUT2D eigenvalue weighted by atomic mass is 9.80. The summed E-state index contributed by atoms with van der Waals surface area (Å²) in [6, 6.07) is 2.98. The summed E-state index contributed by atoms with van der Waals surface area (Å²) in [6.45, 7) is 3.02. The zero-order valence-electron chi connectivity index (χ0n) is 9.51. The Bertz CT molecular complexity index is 428. The molecule has 1 aromatic rings. The third-order valence-electron chi connectivity index (χ3n) is 2.56. The summed E-state index contributed by atoms with van der Waals surface area (Å²) >= 11 is 0. The highest BCUT2D eigenvalue weighted by Gasteiger charge is 2.28. The molecule has 5 heteroatoms. The predicted octanol–water partition coefficient (Wildman–Crippen LogP) is 3.52. The fourth-order valence-electron chi connectivity index (χ4n) is 1.67. The Kier molecular flexibility index (Phi) is 3.80. The second-order valence-electron chi connectivity index (χ2n) is 4.49. The van der Waals surface area contributed by atoms with Gasteiger partial charge in [0.25, 0.3) is 6.43 Å². The van der Waals surface area contributed by atoms with Crippen LogP contribution in [0.3, 0.4) is 0 Å². The van der Waals surface area contributed by atoms with Crippen molar-refractivity contribution in [3.8, 4) is 0 Å². The van der Waals surface area contributed by atoms with E-state index < -0.39 is 23.6 Å². The Morgan fingerprint density at radius 3 is 2.47 bits per heavy atom. The minimum atomic E-state index is -2.70. The van der Waals surface area contributed by atoms with Crippen LogP contribution in [-0.4, -0.2) is 11.1 Å². The number of carboxylic acid groups (broad SMARTS) is 1. The van der Waals surface area contributed by atoms with Crippen LogP contribution in [0.5, 0.6) is 0 Å². The van der Waals surface area contributed by atoms with Crippen molar-refractivity contribution in [1.82, 2.24) is 0 Å². The zero-order valence-corrected chi connectivity index (χ0v) is 9.51. The topological polar surface area (TPSA) is 37.3 Å². The van der Waals surface area contributed by atoms with Crippen molar-refractivity contribution in [1.29, 1.82) is 0 Å². The first-order valence-corrected chi connectivity index (χ1v) is 5.04. The molecule has 94 valence electrons. The van der Waals surface area contributed by atoms with Crippen molar-refractivity contribution < 1.29 is 23.1 Å². The fraction of sp³-hybridized carbons (Fsp3) is 0.417. The van der Waals surface area contributed by atoms with E-state index in [1.165, 1.54) is 13.8 Å². The van der Waals surface area contributed by atoms with Gasteiger partial charge in [0.05, 0.1) is 6.42 Å². The van der Waals surface area contributed by atoms with E-state index in [-0.39, 0.29) is 17.5 Å². The molecule has 1 N–H and O–H groups in total. The summed E-state index contributed by atoms with van der Waals surface area (Å²) in [4.78, 5) is 10.6. The van der Waals surface area contributed by atoms with Gasteiger partial charge in [0.1, 0.15) is 5.82 Å². The summed E-state index contributed by atoms with van der Waals surface area (Å²) in [6.07, 6.45) is -3.02. The predicted molar refractivity (Wildman–Crippen MR) is 56.6 cm³/mol. The van der Waals surface area contributed by atoms with E-state index in [1.54, 1.807) is 0 Å². The van der Waals surface area contributed by atoms with Gasteiger partial charge < -0.3 is 5.11 Å². The summed E-state index contributed by atoms with van der Waals surface area (Å²) < 4.78 is 38.5. The highest BCUT2D eigenvalue weighted by Crippen LogP contribution is 2.32. The molecule has 0 radical (unpaired) electrons. The van der Waals surface area contributed by atoms with Crippen molar-refractivity contribution in [2.45, 2.75) is 32.1 Å². The molecule has 0 amide bonds. The Hall–Kier alpha value is -1.52. The molecule has 0 saturated carbocycles. The molecule has 2 nitrogen and oxygen atoms in total. The molecule has 0 aliphatic carbocycles. The minimum Gasteiger partial charge on any atom is -0.481 e. The molecule has 17 heavy (non-hydrogen) atoms. The van der Waals surface area contributed by atoms with E-state index in [2.05, 4.69) is 0 Å². The van der Waals surface area contributed by atoms with E-state index >= 15 is 0 Å². The number of hydrogen-bond donors (Lipinski definition) is 1. The number of hydrogen-bond acceptors (Lipinski definition) is 1. The van der Waals surface area contributed by atoms with Gasteiger partial charge in [-0.05, 0) is 17.7 Å². The van der Waals surface area contributed by atoms with Crippen LogP contribution in [0, 0.1) is 5.82 Å². The Balaban J connectivity index is 3.19. The van der Waals surface area contributed by atoms with Crippen LogP contribution < -0.4 is 0 Å². The van der Waals surface area contributed by atoms with Gasteiger partial charge in [-0.1, -0.05) is 19.9 Å². The molecule has 0 spiro atoms. The maximum absolute atomic E-state index is 13.5. The van der Waals surface area contributed by atoms with Crippen LogP contribution in [0.25, 0.3) is 0 Å². The molecule has 0 saturated heterocycles. The van der Waals surface area contributed by atoms with Crippen molar-refractivity contribution in [3.05, 3.63) is 35.1 Å². The van der Waals surface area contributed by atoms with Gasteiger partial charge in [0.15, 0.2) is 0 Å². The van der Waals surface area contributed by atoms with Gasteiger partial charge in [0, 0.05) is 11.0 Å². The maximum Gasteiger partial charge on any atom is 0.304 e. The molecular formula is C12H13F3O2.